The zero-order chi connectivity index (χ0) is 34.5. The fraction of sp³-hybridized carbons (Fsp3) is 0.306. The first kappa shape index (κ1) is 32.4. The van der Waals surface area contributed by atoms with Crippen molar-refractivity contribution in [1.29, 1.82) is 0 Å². The molecule has 3 aliphatic heterocycles. The lowest BCUT2D eigenvalue weighted by atomic mass is 9.83. The number of thioether (sulfide) groups is 1. The summed E-state index contributed by atoms with van der Waals surface area (Å²) < 4.78 is 56.3. The molecule has 0 bridgehead atoms. The molecule has 0 aromatic heterocycles. The second kappa shape index (κ2) is 10.8. The van der Waals surface area contributed by atoms with Gasteiger partial charge in [0.15, 0.2) is 17.2 Å². The summed E-state index contributed by atoms with van der Waals surface area (Å²) in [7, 11) is 3.85. The lowest BCUT2D eigenvalue weighted by molar-refractivity contribution is -0.255. The average molecular weight is 663 g/mol. The van der Waals surface area contributed by atoms with Crippen LogP contribution in [-0.2, 0) is 4.79 Å². The third kappa shape index (κ3) is 4.94. The van der Waals surface area contributed by atoms with Crippen molar-refractivity contribution in [3.05, 3.63) is 92.3 Å². The van der Waals surface area contributed by atoms with Gasteiger partial charge in [0.25, 0.3) is 0 Å². The van der Waals surface area contributed by atoms with Gasteiger partial charge in [-0.25, -0.2) is 17.7 Å². The summed E-state index contributed by atoms with van der Waals surface area (Å²) in [4.78, 5) is 25.0. The molecule has 0 atom stereocenters. The average Bonchev–Trinajstić information content (AvgIpc) is 2.97. The van der Waals surface area contributed by atoms with E-state index in [0.717, 1.165) is 33.3 Å². The minimum atomic E-state index is -2.13. The van der Waals surface area contributed by atoms with Gasteiger partial charge in [-0.2, -0.15) is 0 Å². The SMILES string of the molecule is CC1=CC(C)(C)N(C)c2cc3c(cc21)C(c1c(F)c(SCC(=O)O)c(F)c(F)c1C(=O)[O-])=c1cc2c(cc1O3)=[N+](C)C(C)(C)C=C2C. The Kier molecular flexibility index (Phi) is 7.43. The van der Waals surface area contributed by atoms with Crippen LogP contribution >= 0.6 is 11.8 Å². The second-order valence-electron chi connectivity index (χ2n) is 13.3. The van der Waals surface area contributed by atoms with E-state index in [1.807, 2.05) is 55.6 Å². The van der Waals surface area contributed by atoms with Crippen molar-refractivity contribution < 1.29 is 37.7 Å². The van der Waals surface area contributed by atoms with Gasteiger partial charge in [0.2, 0.25) is 5.36 Å². The number of allylic oxidation sites excluding steroid dienone is 2. The number of carboxylic acids is 2. The first-order valence-corrected chi connectivity index (χ1v) is 15.9. The van der Waals surface area contributed by atoms with Crippen LogP contribution in [-0.4, -0.2) is 48.0 Å². The molecule has 7 nitrogen and oxygen atoms in total. The normalized spacial score (nSPS) is 17.1. The maximum atomic E-state index is 16.7. The predicted octanol–water partition coefficient (Wildman–Crippen LogP) is 4.95. The highest BCUT2D eigenvalue weighted by Gasteiger charge is 2.37. The molecule has 0 saturated carbocycles. The fourth-order valence-corrected chi connectivity index (χ4v) is 7.49. The van der Waals surface area contributed by atoms with Crippen LogP contribution in [0.2, 0.25) is 0 Å². The molecule has 0 spiro atoms. The molecule has 47 heavy (non-hydrogen) atoms. The molecule has 0 fully saturated rings. The first-order chi connectivity index (χ1) is 21.9. The molecule has 3 aromatic rings. The Morgan fingerprint density at radius 1 is 0.936 bits per heavy atom. The quantitative estimate of drug-likeness (QED) is 0.184. The summed E-state index contributed by atoms with van der Waals surface area (Å²) in [6.07, 6.45) is 4.12. The Hall–Kier alpha value is -4.51. The number of carbonyl (C=O) groups is 2. The third-order valence-corrected chi connectivity index (χ3v) is 10.5. The van der Waals surface area contributed by atoms with E-state index >= 15 is 13.2 Å². The number of hydrogen-bond acceptors (Lipinski definition) is 6. The van der Waals surface area contributed by atoms with Gasteiger partial charge < -0.3 is 24.6 Å². The van der Waals surface area contributed by atoms with Crippen LogP contribution in [0, 0.1) is 17.5 Å². The van der Waals surface area contributed by atoms with Crippen LogP contribution in [0.1, 0.15) is 74.2 Å². The van der Waals surface area contributed by atoms with Crippen molar-refractivity contribution in [2.24, 2.45) is 0 Å². The van der Waals surface area contributed by atoms with E-state index < -0.39 is 51.2 Å². The van der Waals surface area contributed by atoms with Crippen molar-refractivity contribution in [3.8, 4) is 11.5 Å². The molecule has 3 heterocycles. The summed E-state index contributed by atoms with van der Waals surface area (Å²) in [5.74, 6) is -8.86. The van der Waals surface area contributed by atoms with Crippen molar-refractivity contribution in [3.63, 3.8) is 0 Å². The highest BCUT2D eigenvalue weighted by molar-refractivity contribution is 8.00. The molecule has 6 rings (SSSR count). The molecule has 0 radical (unpaired) electrons. The number of fused-ring (bicyclic) bond motifs is 4. The standard InChI is InChI=1S/C36H33F3N2O5S/c1-16-13-35(3,4)40(7)22-11-24-20(9-18(16)22)27(21-10-19-17(2)14-36(5,6)41(8)23(19)12-25(21)46-24)28-29(34(44)45)30(37)32(39)33(31(28)38)47-15-26(42)43/h9-14H,15H2,1-8H3,(H-,42,43,44,45). The third-order valence-electron chi connectivity index (χ3n) is 9.47. The molecule has 0 aliphatic carbocycles. The van der Waals surface area contributed by atoms with Crippen LogP contribution < -0.4 is 29.9 Å². The summed E-state index contributed by atoms with van der Waals surface area (Å²) in [6.45, 7) is 12.0. The van der Waals surface area contributed by atoms with E-state index in [1.165, 1.54) is 0 Å². The smallest absolute Gasteiger partial charge is 0.313 e. The minimum Gasteiger partial charge on any atom is -0.545 e. The van der Waals surface area contributed by atoms with Gasteiger partial charge in [-0.15, -0.1) is 11.8 Å². The summed E-state index contributed by atoms with van der Waals surface area (Å²) in [5, 5.41) is 22.8. The topological polar surface area (TPSA) is 92.9 Å². The number of nitrogens with zero attached hydrogens (tertiary/aromatic N) is 2. The van der Waals surface area contributed by atoms with E-state index in [0.29, 0.717) is 0 Å². The highest BCUT2D eigenvalue weighted by atomic mass is 32.2. The molecule has 0 unspecified atom stereocenters. The Bertz CT molecular complexity index is 2170. The van der Waals surface area contributed by atoms with Crippen LogP contribution in [0.4, 0.5) is 18.9 Å². The zero-order valence-corrected chi connectivity index (χ0v) is 28.0. The first-order valence-electron chi connectivity index (χ1n) is 14.9. The number of aromatic carboxylic acids is 1. The van der Waals surface area contributed by atoms with Gasteiger partial charge in [0.05, 0.1) is 28.2 Å². The highest BCUT2D eigenvalue weighted by Crippen LogP contribution is 2.47. The molecule has 0 saturated heterocycles. The van der Waals surface area contributed by atoms with E-state index in [1.54, 1.807) is 24.3 Å². The number of hydrogen-bond donors (Lipinski definition) is 1. The van der Waals surface area contributed by atoms with Gasteiger partial charge in [-0.3, -0.25) is 4.79 Å². The van der Waals surface area contributed by atoms with Gasteiger partial charge in [0.1, 0.15) is 24.4 Å². The molecular formula is C36H33F3N2O5S. The number of anilines is 1. The van der Waals surface area contributed by atoms with Crippen LogP contribution in [0.25, 0.3) is 16.7 Å². The van der Waals surface area contributed by atoms with Crippen molar-refractivity contribution in [2.75, 3.05) is 24.7 Å². The monoisotopic (exact) mass is 662 g/mol. The number of aliphatic carboxylic acids is 1. The Morgan fingerprint density at radius 2 is 1.60 bits per heavy atom. The fourth-order valence-electron chi connectivity index (χ4n) is 6.77. The van der Waals surface area contributed by atoms with E-state index in [2.05, 4.69) is 21.6 Å². The Labute approximate surface area is 274 Å². The number of halogens is 3. The molecule has 244 valence electrons. The molecule has 1 N–H and O–H groups in total. The maximum Gasteiger partial charge on any atom is 0.313 e. The van der Waals surface area contributed by atoms with Crippen molar-refractivity contribution in [1.82, 2.24) is 4.58 Å². The van der Waals surface area contributed by atoms with Crippen LogP contribution in [0.3, 0.4) is 0 Å². The Morgan fingerprint density at radius 3 is 2.23 bits per heavy atom. The number of ether oxygens (including phenoxy) is 1. The Balaban J connectivity index is 1.83. The van der Waals surface area contributed by atoms with Gasteiger partial charge >= 0.3 is 5.97 Å². The molecular weight excluding hydrogens is 629 g/mol. The van der Waals surface area contributed by atoms with E-state index in [4.69, 9.17) is 4.74 Å². The molecule has 3 aliphatic rings. The van der Waals surface area contributed by atoms with Crippen LogP contribution in [0.5, 0.6) is 11.5 Å². The zero-order valence-electron chi connectivity index (χ0n) is 27.2. The van der Waals surface area contributed by atoms with E-state index in [9.17, 15) is 19.8 Å². The van der Waals surface area contributed by atoms with Crippen molar-refractivity contribution >= 4 is 46.1 Å². The number of carbonyl (C=O) groups excluding carboxylic acids is 1. The maximum absolute atomic E-state index is 16.7. The van der Waals surface area contributed by atoms with Gasteiger partial charge in [-0.05, 0) is 57.0 Å². The lowest BCUT2D eigenvalue weighted by Gasteiger charge is -2.41. The van der Waals surface area contributed by atoms with Crippen LogP contribution in [0.15, 0.2) is 41.3 Å². The second-order valence-corrected chi connectivity index (χ2v) is 14.3. The minimum absolute atomic E-state index is 0.0415. The molecule has 3 aromatic carbocycles. The largest absolute Gasteiger partial charge is 0.545 e. The summed E-state index contributed by atoms with van der Waals surface area (Å²) in [6, 6.07) is 7.03. The lowest BCUT2D eigenvalue weighted by Crippen LogP contribution is -2.47. The van der Waals surface area contributed by atoms with Gasteiger partial charge in [-0.1, -0.05) is 6.08 Å². The summed E-state index contributed by atoms with van der Waals surface area (Å²) >= 11 is 0.225. The molecule has 11 heteroatoms. The number of rotatable bonds is 5. The predicted molar refractivity (Wildman–Crippen MR) is 174 cm³/mol. The van der Waals surface area contributed by atoms with Crippen molar-refractivity contribution in [2.45, 2.75) is 57.5 Å². The number of likely N-dealkylation sites (N-methyl/N-ethyl adjacent to an activating group) is 2. The van der Waals surface area contributed by atoms with E-state index in [-0.39, 0.29) is 50.7 Å². The van der Waals surface area contributed by atoms with Gasteiger partial charge in [0, 0.05) is 71.3 Å². The molecule has 0 amide bonds. The summed E-state index contributed by atoms with van der Waals surface area (Å²) in [5.41, 5.74) is 1.52. The number of benzene rings is 3. The number of carboxylic acid groups (broad SMARTS) is 2.